The summed E-state index contributed by atoms with van der Waals surface area (Å²) in [7, 11) is 0. The molecule has 1 nitrogen and oxygen atoms in total. The lowest BCUT2D eigenvalue weighted by molar-refractivity contribution is 0.173. The SMILES string of the molecule is CC(C)CC(C)C(C)C(C)CC(C)CO. The fourth-order valence-corrected chi connectivity index (χ4v) is 2.44. The van der Waals surface area contributed by atoms with Crippen LogP contribution in [0, 0.1) is 29.6 Å². The van der Waals surface area contributed by atoms with E-state index in [4.69, 9.17) is 5.11 Å². The van der Waals surface area contributed by atoms with Gasteiger partial charge in [0.2, 0.25) is 0 Å². The summed E-state index contributed by atoms with van der Waals surface area (Å²) in [6.45, 7) is 14.1. The summed E-state index contributed by atoms with van der Waals surface area (Å²) in [5.41, 5.74) is 0. The molecule has 0 bridgehead atoms. The van der Waals surface area contributed by atoms with E-state index in [9.17, 15) is 0 Å². The lowest BCUT2D eigenvalue weighted by atomic mass is 9.77. The zero-order valence-corrected chi connectivity index (χ0v) is 11.5. The Labute approximate surface area is 96.3 Å². The minimum Gasteiger partial charge on any atom is -0.396 e. The van der Waals surface area contributed by atoms with Crippen LogP contribution in [0.2, 0.25) is 0 Å². The molecule has 0 heterocycles. The molecule has 0 aromatic heterocycles. The number of aliphatic hydroxyl groups is 1. The monoisotopic (exact) mass is 214 g/mol. The molecule has 0 aliphatic rings. The van der Waals surface area contributed by atoms with Crippen LogP contribution in [0.25, 0.3) is 0 Å². The summed E-state index contributed by atoms with van der Waals surface area (Å²) in [5, 5.41) is 9.05. The van der Waals surface area contributed by atoms with Gasteiger partial charge in [-0.25, -0.2) is 0 Å². The molecular weight excluding hydrogens is 184 g/mol. The minimum atomic E-state index is 0.329. The van der Waals surface area contributed by atoms with Crippen LogP contribution < -0.4 is 0 Å². The highest BCUT2D eigenvalue weighted by Gasteiger charge is 2.21. The molecular formula is C14H30O. The molecule has 4 unspecified atom stereocenters. The third kappa shape index (κ3) is 6.19. The number of hydrogen-bond donors (Lipinski definition) is 1. The highest BCUT2D eigenvalue weighted by Crippen LogP contribution is 2.29. The van der Waals surface area contributed by atoms with Gasteiger partial charge in [0, 0.05) is 6.61 Å². The molecule has 0 rings (SSSR count). The van der Waals surface area contributed by atoms with E-state index >= 15 is 0 Å². The smallest absolute Gasteiger partial charge is 0.0456 e. The number of aliphatic hydroxyl groups excluding tert-OH is 1. The summed E-state index contributed by atoms with van der Waals surface area (Å²) < 4.78 is 0. The molecule has 0 fully saturated rings. The van der Waals surface area contributed by atoms with Crippen molar-refractivity contribution in [2.24, 2.45) is 29.6 Å². The van der Waals surface area contributed by atoms with Crippen molar-refractivity contribution in [3.05, 3.63) is 0 Å². The van der Waals surface area contributed by atoms with Gasteiger partial charge in [-0.05, 0) is 42.4 Å². The van der Waals surface area contributed by atoms with Crippen molar-refractivity contribution in [3.8, 4) is 0 Å². The van der Waals surface area contributed by atoms with Gasteiger partial charge in [-0.3, -0.25) is 0 Å². The molecule has 1 heteroatoms. The average molecular weight is 214 g/mol. The molecule has 0 aliphatic carbocycles. The van der Waals surface area contributed by atoms with Crippen molar-refractivity contribution in [1.29, 1.82) is 0 Å². The molecule has 1 N–H and O–H groups in total. The van der Waals surface area contributed by atoms with Crippen molar-refractivity contribution in [2.45, 2.75) is 54.4 Å². The summed E-state index contributed by atoms with van der Waals surface area (Å²) in [5.74, 6) is 3.53. The molecule has 0 aliphatic heterocycles. The molecule has 0 spiro atoms. The van der Waals surface area contributed by atoms with E-state index in [2.05, 4.69) is 41.5 Å². The van der Waals surface area contributed by atoms with E-state index < -0.39 is 0 Å². The maximum atomic E-state index is 9.05. The topological polar surface area (TPSA) is 20.2 Å². The molecule has 4 atom stereocenters. The molecule has 0 aromatic rings. The van der Waals surface area contributed by atoms with Gasteiger partial charge in [0.1, 0.15) is 0 Å². The Morgan fingerprint density at radius 2 is 1.27 bits per heavy atom. The standard InChI is InChI=1S/C14H30O/c1-10(2)7-12(4)14(6)13(5)8-11(3)9-15/h10-15H,7-9H2,1-6H3. The van der Waals surface area contributed by atoms with Crippen LogP contribution in [0.5, 0.6) is 0 Å². The highest BCUT2D eigenvalue weighted by atomic mass is 16.3. The van der Waals surface area contributed by atoms with Gasteiger partial charge in [-0.1, -0.05) is 41.5 Å². The van der Waals surface area contributed by atoms with Gasteiger partial charge in [-0.15, -0.1) is 0 Å². The second-order valence-electron chi connectivity index (χ2n) is 5.97. The van der Waals surface area contributed by atoms with Gasteiger partial charge >= 0.3 is 0 Å². The van der Waals surface area contributed by atoms with Crippen molar-refractivity contribution >= 4 is 0 Å². The van der Waals surface area contributed by atoms with Crippen molar-refractivity contribution in [3.63, 3.8) is 0 Å². The van der Waals surface area contributed by atoms with E-state index in [1.54, 1.807) is 0 Å². The molecule has 15 heavy (non-hydrogen) atoms. The van der Waals surface area contributed by atoms with E-state index in [1.807, 2.05) is 0 Å². The Bertz CT molecular complexity index is 153. The summed E-state index contributed by atoms with van der Waals surface area (Å²) >= 11 is 0. The first-order valence-electron chi connectivity index (χ1n) is 6.49. The number of rotatable bonds is 7. The van der Waals surface area contributed by atoms with E-state index in [1.165, 1.54) is 6.42 Å². The summed E-state index contributed by atoms with van der Waals surface area (Å²) in [6, 6.07) is 0. The van der Waals surface area contributed by atoms with Gasteiger partial charge < -0.3 is 5.11 Å². The molecule has 92 valence electrons. The second kappa shape index (κ2) is 7.27. The Morgan fingerprint density at radius 3 is 1.67 bits per heavy atom. The molecule has 0 radical (unpaired) electrons. The Kier molecular flexibility index (Phi) is 7.25. The molecule has 0 saturated heterocycles. The second-order valence-corrected chi connectivity index (χ2v) is 5.97. The Balaban J connectivity index is 4.00. The fourth-order valence-electron chi connectivity index (χ4n) is 2.44. The van der Waals surface area contributed by atoms with Gasteiger partial charge in [0.15, 0.2) is 0 Å². The third-order valence-electron chi connectivity index (χ3n) is 3.72. The maximum Gasteiger partial charge on any atom is 0.0456 e. The zero-order chi connectivity index (χ0) is 12.0. The van der Waals surface area contributed by atoms with Crippen LogP contribution >= 0.6 is 0 Å². The van der Waals surface area contributed by atoms with Crippen LogP contribution in [-0.2, 0) is 0 Å². The highest BCUT2D eigenvalue weighted by molar-refractivity contribution is 4.71. The molecule has 0 saturated carbocycles. The predicted octanol–water partition coefficient (Wildman–Crippen LogP) is 3.96. The van der Waals surface area contributed by atoms with Gasteiger partial charge in [0.25, 0.3) is 0 Å². The lowest BCUT2D eigenvalue weighted by Gasteiger charge is -2.28. The summed E-state index contributed by atoms with van der Waals surface area (Å²) in [4.78, 5) is 0. The van der Waals surface area contributed by atoms with E-state index in [-0.39, 0.29) is 0 Å². The van der Waals surface area contributed by atoms with Crippen molar-refractivity contribution < 1.29 is 5.11 Å². The predicted molar refractivity (Wildman–Crippen MR) is 67.8 cm³/mol. The Morgan fingerprint density at radius 1 is 0.800 bits per heavy atom. The first kappa shape index (κ1) is 15.0. The molecule has 0 amide bonds. The van der Waals surface area contributed by atoms with Crippen LogP contribution in [0.3, 0.4) is 0 Å². The average Bonchev–Trinajstić information content (AvgIpc) is 2.15. The van der Waals surface area contributed by atoms with Crippen molar-refractivity contribution in [1.82, 2.24) is 0 Å². The first-order chi connectivity index (χ1) is 6.88. The van der Waals surface area contributed by atoms with E-state index in [0.717, 1.165) is 30.1 Å². The van der Waals surface area contributed by atoms with Crippen LogP contribution in [0.15, 0.2) is 0 Å². The fraction of sp³-hybridized carbons (Fsp3) is 1.00. The maximum absolute atomic E-state index is 9.05. The Hall–Kier alpha value is -0.0400. The first-order valence-corrected chi connectivity index (χ1v) is 6.49. The zero-order valence-electron chi connectivity index (χ0n) is 11.5. The van der Waals surface area contributed by atoms with Gasteiger partial charge in [-0.2, -0.15) is 0 Å². The van der Waals surface area contributed by atoms with Crippen LogP contribution in [-0.4, -0.2) is 11.7 Å². The summed E-state index contributed by atoms with van der Waals surface area (Å²) in [6.07, 6.45) is 2.47. The molecule has 0 aromatic carbocycles. The minimum absolute atomic E-state index is 0.329. The quantitative estimate of drug-likeness (QED) is 0.680. The van der Waals surface area contributed by atoms with Gasteiger partial charge in [0.05, 0.1) is 0 Å². The van der Waals surface area contributed by atoms with E-state index in [0.29, 0.717) is 12.5 Å². The largest absolute Gasteiger partial charge is 0.396 e. The van der Waals surface area contributed by atoms with Crippen LogP contribution in [0.4, 0.5) is 0 Å². The third-order valence-corrected chi connectivity index (χ3v) is 3.72. The normalized spacial score (nSPS) is 20.0. The van der Waals surface area contributed by atoms with Crippen LogP contribution in [0.1, 0.15) is 54.4 Å². The number of hydrogen-bond acceptors (Lipinski definition) is 1. The lowest BCUT2D eigenvalue weighted by Crippen LogP contribution is -2.20. The van der Waals surface area contributed by atoms with Crippen molar-refractivity contribution in [2.75, 3.05) is 6.61 Å².